The highest BCUT2D eigenvalue weighted by Crippen LogP contribution is 2.10. The molecule has 0 bridgehead atoms. The van der Waals surface area contributed by atoms with Crippen LogP contribution in [0.1, 0.15) is 37.3 Å². The van der Waals surface area contributed by atoms with E-state index in [1.54, 1.807) is 0 Å². The van der Waals surface area contributed by atoms with Crippen LogP contribution in [-0.2, 0) is 13.1 Å². The SMILES string of the molecule is O/N=C/c1n(-c2ccccc2)cc[n+]1CCCCCC[n+]1ccn(-c2ccccc2)c1/C=N/O.[Br-].[Br-]. The van der Waals surface area contributed by atoms with Gasteiger partial charge in [0, 0.05) is 0 Å². The molecule has 0 amide bonds. The van der Waals surface area contributed by atoms with Gasteiger partial charge in [0.1, 0.15) is 36.2 Å². The maximum atomic E-state index is 9.13. The Morgan fingerprint density at radius 3 is 1.36 bits per heavy atom. The van der Waals surface area contributed by atoms with Crippen molar-refractivity contribution in [3.05, 3.63) is 97.1 Å². The van der Waals surface area contributed by atoms with Crippen molar-refractivity contribution in [3.8, 4) is 11.4 Å². The van der Waals surface area contributed by atoms with Crippen molar-refractivity contribution in [1.29, 1.82) is 0 Å². The van der Waals surface area contributed by atoms with E-state index in [0.717, 1.165) is 61.8 Å². The second-order valence-corrected chi connectivity index (χ2v) is 8.01. The van der Waals surface area contributed by atoms with Gasteiger partial charge in [-0.05, 0) is 49.9 Å². The van der Waals surface area contributed by atoms with Crippen LogP contribution in [0.3, 0.4) is 0 Å². The molecule has 8 nitrogen and oxygen atoms in total. The Hall–Kier alpha value is -3.24. The summed E-state index contributed by atoms with van der Waals surface area (Å²) in [5.74, 6) is 1.67. The summed E-state index contributed by atoms with van der Waals surface area (Å²) >= 11 is 0. The van der Waals surface area contributed by atoms with Gasteiger partial charge in [0.25, 0.3) is 0 Å². The third-order valence-electron chi connectivity index (χ3n) is 5.84. The Morgan fingerprint density at radius 1 is 0.611 bits per heavy atom. The number of hydrogen-bond donors (Lipinski definition) is 2. The lowest BCUT2D eigenvalue weighted by molar-refractivity contribution is -0.698. The van der Waals surface area contributed by atoms with E-state index < -0.39 is 0 Å². The normalized spacial score (nSPS) is 11.0. The van der Waals surface area contributed by atoms with E-state index in [4.69, 9.17) is 10.4 Å². The first-order valence-electron chi connectivity index (χ1n) is 11.5. The fourth-order valence-corrected chi connectivity index (χ4v) is 4.16. The first kappa shape index (κ1) is 29.0. The van der Waals surface area contributed by atoms with Gasteiger partial charge < -0.3 is 44.4 Å². The van der Waals surface area contributed by atoms with Gasteiger partial charge in [0.15, 0.2) is 12.4 Å². The molecule has 0 saturated carbocycles. The number of rotatable bonds is 11. The van der Waals surface area contributed by atoms with Crippen molar-refractivity contribution in [2.45, 2.75) is 38.8 Å². The monoisotopic (exact) mass is 616 g/mol. The molecule has 0 spiro atoms. The lowest BCUT2D eigenvalue weighted by atomic mass is 10.2. The predicted octanol–water partition coefficient (Wildman–Crippen LogP) is -2.27. The van der Waals surface area contributed by atoms with Crippen LogP contribution in [0.4, 0.5) is 0 Å². The van der Waals surface area contributed by atoms with Gasteiger partial charge in [0.2, 0.25) is 0 Å². The van der Waals surface area contributed by atoms with Gasteiger partial charge in [-0.3, -0.25) is 0 Å². The van der Waals surface area contributed by atoms with Gasteiger partial charge in [0.05, 0.1) is 13.1 Å². The number of aromatic nitrogens is 4. The van der Waals surface area contributed by atoms with Crippen molar-refractivity contribution < 1.29 is 53.5 Å². The van der Waals surface area contributed by atoms with E-state index in [1.807, 2.05) is 94.6 Å². The van der Waals surface area contributed by atoms with Crippen LogP contribution in [0.5, 0.6) is 0 Å². The minimum Gasteiger partial charge on any atom is -1.00 e. The molecule has 0 saturated heterocycles. The predicted molar refractivity (Wildman–Crippen MR) is 129 cm³/mol. The maximum Gasteiger partial charge on any atom is 0.308 e. The number of unbranched alkanes of at least 4 members (excludes halogenated alkanes) is 3. The smallest absolute Gasteiger partial charge is 0.308 e. The average molecular weight is 618 g/mol. The van der Waals surface area contributed by atoms with E-state index in [2.05, 4.69) is 19.4 Å². The van der Waals surface area contributed by atoms with E-state index >= 15 is 0 Å². The molecule has 190 valence electrons. The Morgan fingerprint density at radius 2 is 1.00 bits per heavy atom. The molecule has 0 aliphatic rings. The molecule has 2 heterocycles. The molecule has 0 fully saturated rings. The number of hydrogen-bond acceptors (Lipinski definition) is 4. The summed E-state index contributed by atoms with van der Waals surface area (Å²) in [6.07, 6.45) is 15.2. The van der Waals surface area contributed by atoms with E-state index in [9.17, 15) is 0 Å². The summed E-state index contributed by atoms with van der Waals surface area (Å²) in [4.78, 5) is 0. The van der Waals surface area contributed by atoms with Crippen molar-refractivity contribution in [2.24, 2.45) is 10.3 Å². The van der Waals surface area contributed by atoms with E-state index in [0.29, 0.717) is 0 Å². The number of nitrogens with zero attached hydrogens (tertiary/aromatic N) is 6. The van der Waals surface area contributed by atoms with Crippen LogP contribution >= 0.6 is 0 Å². The molecule has 0 radical (unpaired) electrons. The fourth-order valence-electron chi connectivity index (χ4n) is 4.16. The molecule has 0 unspecified atom stereocenters. The van der Waals surface area contributed by atoms with Gasteiger partial charge in [-0.1, -0.05) is 46.7 Å². The standard InChI is InChI=1S/C26H28N6O2.2BrH/c33-27-21-25-29(17-19-31(25)23-11-5-3-6-12-23)15-9-1-2-10-16-30-18-20-32(26(30)22-28-34)24-13-7-4-8-14-24;;/h3-8,11-14,17-22H,1-2,9-10,15-16H2;2*1H. The zero-order valence-electron chi connectivity index (χ0n) is 19.8. The zero-order chi connectivity index (χ0) is 23.6. The lowest BCUT2D eigenvalue weighted by Crippen LogP contribution is -3.00. The Labute approximate surface area is 232 Å². The first-order valence-corrected chi connectivity index (χ1v) is 11.5. The Balaban J connectivity index is 0.00000228. The largest absolute Gasteiger partial charge is 1.00 e. The zero-order valence-corrected chi connectivity index (χ0v) is 23.0. The fraction of sp³-hybridized carbons (Fsp3) is 0.231. The second kappa shape index (κ2) is 15.0. The lowest BCUT2D eigenvalue weighted by Gasteiger charge is -2.03. The summed E-state index contributed by atoms with van der Waals surface area (Å²) in [5.41, 5.74) is 2.05. The summed E-state index contributed by atoms with van der Waals surface area (Å²) < 4.78 is 8.24. The molecule has 4 aromatic rings. The Bertz CT molecular complexity index is 1140. The molecular formula is C26H30Br2N6O2. The molecule has 2 aromatic carbocycles. The van der Waals surface area contributed by atoms with Gasteiger partial charge >= 0.3 is 11.6 Å². The number of benzene rings is 2. The highest BCUT2D eigenvalue weighted by Gasteiger charge is 2.18. The topological polar surface area (TPSA) is 82.8 Å². The molecule has 10 heteroatoms. The van der Waals surface area contributed by atoms with Gasteiger partial charge in [-0.15, -0.1) is 0 Å². The summed E-state index contributed by atoms with van der Waals surface area (Å²) in [5, 5.41) is 24.8. The van der Waals surface area contributed by atoms with Crippen LogP contribution in [0.15, 0.2) is 95.8 Å². The molecule has 4 rings (SSSR count). The van der Waals surface area contributed by atoms with Crippen LogP contribution in [-0.4, -0.2) is 32.0 Å². The van der Waals surface area contributed by atoms with E-state index in [-0.39, 0.29) is 34.0 Å². The summed E-state index contributed by atoms with van der Waals surface area (Å²) in [7, 11) is 0. The number of imidazole rings is 2. The third kappa shape index (κ3) is 7.14. The highest BCUT2D eigenvalue weighted by molar-refractivity contribution is 5.74. The van der Waals surface area contributed by atoms with Crippen LogP contribution in [0.25, 0.3) is 11.4 Å². The molecule has 0 aliphatic carbocycles. The van der Waals surface area contributed by atoms with Crippen molar-refractivity contribution >= 4 is 12.4 Å². The molecule has 0 atom stereocenters. The van der Waals surface area contributed by atoms with Gasteiger partial charge in [-0.2, -0.15) is 9.13 Å². The van der Waals surface area contributed by atoms with Crippen LogP contribution in [0, 0.1) is 0 Å². The van der Waals surface area contributed by atoms with Crippen LogP contribution < -0.4 is 43.1 Å². The molecular weight excluding hydrogens is 588 g/mol. The minimum atomic E-state index is 0. The Kier molecular flexibility index (Phi) is 12.1. The van der Waals surface area contributed by atoms with Crippen molar-refractivity contribution in [2.75, 3.05) is 0 Å². The minimum absolute atomic E-state index is 0. The second-order valence-electron chi connectivity index (χ2n) is 8.01. The molecule has 36 heavy (non-hydrogen) atoms. The molecule has 0 aliphatic heterocycles. The van der Waals surface area contributed by atoms with Crippen molar-refractivity contribution in [1.82, 2.24) is 9.13 Å². The first-order chi connectivity index (χ1) is 16.8. The molecule has 2 aromatic heterocycles. The summed E-state index contributed by atoms with van der Waals surface area (Å²) in [6, 6.07) is 20.0. The number of halogens is 2. The number of oxime groups is 2. The third-order valence-corrected chi connectivity index (χ3v) is 5.84. The quantitative estimate of drug-likeness (QED) is 0.0654. The highest BCUT2D eigenvalue weighted by atomic mass is 79.9. The van der Waals surface area contributed by atoms with Gasteiger partial charge in [-0.25, -0.2) is 9.13 Å². The number of aryl methyl sites for hydroxylation is 2. The average Bonchev–Trinajstić information content (AvgIpc) is 3.47. The van der Waals surface area contributed by atoms with Crippen LogP contribution in [0.2, 0.25) is 0 Å². The van der Waals surface area contributed by atoms with Crippen molar-refractivity contribution in [3.63, 3.8) is 0 Å². The maximum absolute atomic E-state index is 9.13. The molecule has 2 N–H and O–H groups in total. The number of para-hydroxylation sites is 2. The summed E-state index contributed by atoms with van der Waals surface area (Å²) in [6.45, 7) is 1.70. The van der Waals surface area contributed by atoms with E-state index in [1.165, 1.54) is 12.4 Å².